The van der Waals surface area contributed by atoms with Crippen LogP contribution >= 0.6 is 11.3 Å². The largest absolute Gasteiger partial charge is 0.497 e. The van der Waals surface area contributed by atoms with Crippen molar-refractivity contribution in [1.82, 2.24) is 4.98 Å². The lowest BCUT2D eigenvalue weighted by molar-refractivity contribution is 0.415. The summed E-state index contributed by atoms with van der Waals surface area (Å²) in [6.07, 6.45) is 1.96. The van der Waals surface area contributed by atoms with Crippen molar-refractivity contribution in [1.29, 1.82) is 0 Å². The maximum atomic E-state index is 12.5. The number of anilines is 1. The minimum atomic E-state index is -3.65. The quantitative estimate of drug-likeness (QED) is 0.644. The van der Waals surface area contributed by atoms with E-state index >= 15 is 0 Å². The van der Waals surface area contributed by atoms with Crippen LogP contribution in [-0.2, 0) is 16.4 Å². The third-order valence-corrected chi connectivity index (χ3v) is 6.13. The van der Waals surface area contributed by atoms with Crippen molar-refractivity contribution in [3.63, 3.8) is 0 Å². The number of thiazole rings is 1. The predicted octanol–water partition coefficient (Wildman–Crippen LogP) is 4.57. The van der Waals surface area contributed by atoms with Crippen molar-refractivity contribution in [2.24, 2.45) is 0 Å². The number of benzene rings is 2. The van der Waals surface area contributed by atoms with Gasteiger partial charge in [0.15, 0.2) is 5.13 Å². The number of sulfonamides is 1. The number of aryl methyl sites for hydroxylation is 1. The van der Waals surface area contributed by atoms with Crippen molar-refractivity contribution in [2.75, 3.05) is 11.8 Å². The number of aromatic nitrogens is 1. The van der Waals surface area contributed by atoms with Gasteiger partial charge in [-0.25, -0.2) is 13.4 Å². The van der Waals surface area contributed by atoms with Crippen molar-refractivity contribution in [3.8, 4) is 17.0 Å². The summed E-state index contributed by atoms with van der Waals surface area (Å²) in [6, 6.07) is 14.4. The molecule has 136 valence electrons. The molecule has 0 unspecified atom stereocenters. The van der Waals surface area contributed by atoms with Crippen LogP contribution in [0.25, 0.3) is 11.3 Å². The Morgan fingerprint density at radius 2 is 1.77 bits per heavy atom. The van der Waals surface area contributed by atoms with E-state index in [1.165, 1.54) is 11.3 Å². The van der Waals surface area contributed by atoms with Gasteiger partial charge < -0.3 is 4.74 Å². The Labute approximate surface area is 157 Å². The van der Waals surface area contributed by atoms with Gasteiger partial charge in [0.1, 0.15) is 5.75 Å². The first-order valence-electron chi connectivity index (χ1n) is 8.23. The molecule has 0 saturated heterocycles. The zero-order valence-corrected chi connectivity index (χ0v) is 16.2. The van der Waals surface area contributed by atoms with Gasteiger partial charge in [-0.15, -0.1) is 11.3 Å². The zero-order chi connectivity index (χ0) is 18.6. The predicted molar refractivity (Wildman–Crippen MR) is 105 cm³/mol. The monoisotopic (exact) mass is 388 g/mol. The van der Waals surface area contributed by atoms with Gasteiger partial charge in [0.05, 0.1) is 17.7 Å². The van der Waals surface area contributed by atoms with E-state index in [9.17, 15) is 8.42 Å². The van der Waals surface area contributed by atoms with Gasteiger partial charge in [-0.2, -0.15) is 0 Å². The highest BCUT2D eigenvalue weighted by Crippen LogP contribution is 2.28. The van der Waals surface area contributed by atoms with Gasteiger partial charge in [-0.3, -0.25) is 4.72 Å². The first-order chi connectivity index (χ1) is 12.5. The Bertz CT molecular complexity index is 963. The van der Waals surface area contributed by atoms with Gasteiger partial charge in [-0.05, 0) is 48.4 Å². The van der Waals surface area contributed by atoms with Crippen molar-refractivity contribution >= 4 is 26.5 Å². The molecule has 1 aromatic heterocycles. The lowest BCUT2D eigenvalue weighted by atomic mass is 10.1. The third-order valence-electron chi connectivity index (χ3n) is 3.88. The highest BCUT2D eigenvalue weighted by molar-refractivity contribution is 7.93. The average molecular weight is 389 g/mol. The molecule has 0 amide bonds. The fraction of sp³-hybridized carbons (Fsp3) is 0.211. The lowest BCUT2D eigenvalue weighted by Crippen LogP contribution is -2.12. The van der Waals surface area contributed by atoms with E-state index in [2.05, 4.69) is 16.6 Å². The molecule has 5 nitrogen and oxygen atoms in total. The topological polar surface area (TPSA) is 68.3 Å². The Hall–Kier alpha value is -2.38. The minimum absolute atomic E-state index is 0.235. The molecule has 3 rings (SSSR count). The second kappa shape index (κ2) is 7.88. The second-order valence-corrected chi connectivity index (χ2v) is 8.31. The molecule has 0 radical (unpaired) electrons. The van der Waals surface area contributed by atoms with Crippen LogP contribution in [0, 0.1) is 0 Å². The van der Waals surface area contributed by atoms with Crippen LogP contribution in [-0.4, -0.2) is 20.5 Å². The molecule has 0 fully saturated rings. The van der Waals surface area contributed by atoms with Gasteiger partial charge in [0, 0.05) is 10.9 Å². The van der Waals surface area contributed by atoms with Crippen LogP contribution in [0.2, 0.25) is 0 Å². The van der Waals surface area contributed by atoms with Crippen LogP contribution in [0.4, 0.5) is 5.13 Å². The SMILES string of the molecule is CCCc1ccc(S(=O)(=O)Nc2nc(-c3ccc(OC)cc3)cs2)cc1. The molecule has 1 heterocycles. The smallest absolute Gasteiger partial charge is 0.263 e. The van der Waals surface area contributed by atoms with Gasteiger partial charge in [0.2, 0.25) is 0 Å². The first kappa shape index (κ1) is 18.4. The summed E-state index contributed by atoms with van der Waals surface area (Å²) in [5.74, 6) is 0.761. The Kier molecular flexibility index (Phi) is 5.58. The molecular formula is C19H20N2O3S2. The number of hydrogen-bond donors (Lipinski definition) is 1. The molecular weight excluding hydrogens is 368 g/mol. The summed E-state index contributed by atoms with van der Waals surface area (Å²) in [5.41, 5.74) is 2.74. The van der Waals surface area contributed by atoms with Crippen molar-refractivity contribution in [2.45, 2.75) is 24.7 Å². The van der Waals surface area contributed by atoms with Crippen molar-refractivity contribution in [3.05, 3.63) is 59.5 Å². The summed E-state index contributed by atoms with van der Waals surface area (Å²) < 4.78 is 32.8. The highest BCUT2D eigenvalue weighted by Gasteiger charge is 2.16. The molecule has 1 N–H and O–H groups in total. The number of nitrogens with zero attached hydrogens (tertiary/aromatic N) is 1. The molecule has 0 aliphatic heterocycles. The van der Waals surface area contributed by atoms with Gasteiger partial charge in [-0.1, -0.05) is 25.5 Å². The maximum absolute atomic E-state index is 12.5. The van der Waals surface area contributed by atoms with E-state index in [1.807, 2.05) is 41.8 Å². The second-order valence-electron chi connectivity index (χ2n) is 5.77. The molecule has 0 aliphatic carbocycles. The summed E-state index contributed by atoms with van der Waals surface area (Å²) in [5, 5.41) is 2.16. The minimum Gasteiger partial charge on any atom is -0.497 e. The zero-order valence-electron chi connectivity index (χ0n) is 14.6. The lowest BCUT2D eigenvalue weighted by Gasteiger charge is -2.06. The Morgan fingerprint density at radius 3 is 2.38 bits per heavy atom. The van der Waals surface area contributed by atoms with E-state index in [1.54, 1.807) is 19.2 Å². The van der Waals surface area contributed by atoms with Crippen LogP contribution in [0.15, 0.2) is 58.8 Å². The van der Waals surface area contributed by atoms with Crippen LogP contribution < -0.4 is 9.46 Å². The number of rotatable bonds is 7. The van der Waals surface area contributed by atoms with Crippen LogP contribution in [0.3, 0.4) is 0 Å². The molecule has 26 heavy (non-hydrogen) atoms. The summed E-state index contributed by atoms with van der Waals surface area (Å²) >= 11 is 1.25. The standard InChI is InChI=1S/C19H20N2O3S2/c1-3-4-14-5-11-17(12-6-14)26(22,23)21-19-20-18(13-25-19)15-7-9-16(24-2)10-8-15/h5-13H,3-4H2,1-2H3,(H,20,21). The molecule has 0 spiro atoms. The van der Waals surface area contributed by atoms with Crippen molar-refractivity contribution < 1.29 is 13.2 Å². The third kappa shape index (κ3) is 4.23. The first-order valence-corrected chi connectivity index (χ1v) is 10.6. The summed E-state index contributed by atoms with van der Waals surface area (Å²) in [4.78, 5) is 4.62. The summed E-state index contributed by atoms with van der Waals surface area (Å²) in [7, 11) is -2.04. The summed E-state index contributed by atoms with van der Waals surface area (Å²) in [6.45, 7) is 2.09. The molecule has 0 aliphatic rings. The number of hydrogen-bond acceptors (Lipinski definition) is 5. The van der Waals surface area contributed by atoms with Crippen LogP contribution in [0.5, 0.6) is 5.75 Å². The average Bonchev–Trinajstić information content (AvgIpc) is 3.10. The van der Waals surface area contributed by atoms with Gasteiger partial charge in [0.25, 0.3) is 10.0 Å². The molecule has 2 aromatic carbocycles. The molecule has 0 bridgehead atoms. The van der Waals surface area contributed by atoms with E-state index in [0.717, 1.165) is 29.7 Å². The Balaban J connectivity index is 1.76. The fourth-order valence-corrected chi connectivity index (χ4v) is 4.49. The Morgan fingerprint density at radius 1 is 1.08 bits per heavy atom. The van der Waals surface area contributed by atoms with Gasteiger partial charge >= 0.3 is 0 Å². The fourth-order valence-electron chi connectivity index (χ4n) is 2.51. The molecule has 0 atom stereocenters. The maximum Gasteiger partial charge on any atom is 0.263 e. The normalized spacial score (nSPS) is 11.3. The van der Waals surface area contributed by atoms with E-state index in [4.69, 9.17) is 4.74 Å². The highest BCUT2D eigenvalue weighted by atomic mass is 32.2. The number of ether oxygens (including phenoxy) is 1. The van der Waals surface area contributed by atoms with Crippen LogP contribution in [0.1, 0.15) is 18.9 Å². The van der Waals surface area contributed by atoms with E-state index < -0.39 is 10.0 Å². The number of nitrogens with one attached hydrogen (secondary N) is 1. The molecule has 3 aromatic rings. The molecule has 0 saturated carbocycles. The van der Waals surface area contributed by atoms with E-state index in [0.29, 0.717) is 10.8 Å². The molecule has 7 heteroatoms. The van der Waals surface area contributed by atoms with E-state index in [-0.39, 0.29) is 4.90 Å². The number of methoxy groups -OCH3 is 1.